The number of anilines is 1. The lowest BCUT2D eigenvalue weighted by atomic mass is 10.1. The number of carbonyl (C=O) groups excluding carboxylic acids is 1. The molecule has 3 aromatic carbocycles. The van der Waals surface area contributed by atoms with E-state index in [1.54, 1.807) is 0 Å². The quantitative estimate of drug-likeness (QED) is 0.318. The highest BCUT2D eigenvalue weighted by Gasteiger charge is 2.14. The Morgan fingerprint density at radius 3 is 2.03 bits per heavy atom. The van der Waals surface area contributed by atoms with Gasteiger partial charge in [-0.05, 0) is 23.3 Å². The molecule has 0 aliphatic rings. The molecule has 156 valence electrons. The van der Waals surface area contributed by atoms with Crippen molar-refractivity contribution >= 4 is 38.3 Å². The molecular formula is C25H22BrN3OS. The highest BCUT2D eigenvalue weighted by Crippen LogP contribution is 2.26. The average Bonchev–Trinajstić information content (AvgIpc) is 3.24. The SMILES string of the molecule is O=C(CN(Cc1ccccc1)Cc1ccccc1)Nc1nc(-c2ccc(Br)cc2)cs1. The molecule has 0 saturated heterocycles. The maximum Gasteiger partial charge on any atom is 0.240 e. The first-order valence-corrected chi connectivity index (χ1v) is 11.6. The van der Waals surface area contributed by atoms with Crippen molar-refractivity contribution in [3.8, 4) is 11.3 Å². The van der Waals surface area contributed by atoms with Crippen LogP contribution in [0.1, 0.15) is 11.1 Å². The molecule has 0 saturated carbocycles. The molecule has 0 aliphatic carbocycles. The van der Waals surface area contributed by atoms with Gasteiger partial charge in [0.1, 0.15) is 0 Å². The molecule has 0 bridgehead atoms. The standard InChI is InChI=1S/C25H22BrN3OS/c26-22-13-11-21(12-14-22)23-18-31-25(27-23)28-24(30)17-29(15-19-7-3-1-4-8-19)16-20-9-5-2-6-10-20/h1-14,18H,15-17H2,(H,27,28,30). The number of carbonyl (C=O) groups is 1. The number of nitrogens with zero attached hydrogens (tertiary/aromatic N) is 2. The molecule has 1 N–H and O–H groups in total. The van der Waals surface area contributed by atoms with Gasteiger partial charge in [0, 0.05) is 28.5 Å². The summed E-state index contributed by atoms with van der Waals surface area (Å²) in [5, 5.41) is 5.54. The van der Waals surface area contributed by atoms with Gasteiger partial charge in [0.05, 0.1) is 12.2 Å². The van der Waals surface area contributed by atoms with Crippen molar-refractivity contribution in [2.24, 2.45) is 0 Å². The van der Waals surface area contributed by atoms with Crippen LogP contribution in [-0.2, 0) is 17.9 Å². The van der Waals surface area contributed by atoms with Crippen molar-refractivity contribution < 1.29 is 4.79 Å². The second kappa shape index (κ2) is 10.5. The molecule has 1 aromatic heterocycles. The Morgan fingerprint density at radius 2 is 1.45 bits per heavy atom. The van der Waals surface area contributed by atoms with E-state index in [9.17, 15) is 4.79 Å². The molecule has 0 spiro atoms. The monoisotopic (exact) mass is 491 g/mol. The van der Waals surface area contributed by atoms with E-state index in [2.05, 4.69) is 55.4 Å². The molecule has 6 heteroatoms. The lowest BCUT2D eigenvalue weighted by Gasteiger charge is -2.22. The Labute approximate surface area is 194 Å². The van der Waals surface area contributed by atoms with E-state index < -0.39 is 0 Å². The zero-order valence-corrected chi connectivity index (χ0v) is 19.3. The molecule has 0 radical (unpaired) electrons. The van der Waals surface area contributed by atoms with Crippen LogP contribution in [0.2, 0.25) is 0 Å². The third kappa shape index (κ3) is 6.34. The van der Waals surface area contributed by atoms with Crippen molar-refractivity contribution in [2.45, 2.75) is 13.1 Å². The first-order chi connectivity index (χ1) is 15.2. The van der Waals surface area contributed by atoms with Gasteiger partial charge >= 0.3 is 0 Å². The zero-order chi connectivity index (χ0) is 21.5. The largest absolute Gasteiger partial charge is 0.301 e. The van der Waals surface area contributed by atoms with Crippen LogP contribution >= 0.6 is 27.3 Å². The van der Waals surface area contributed by atoms with E-state index in [0.717, 1.165) is 15.7 Å². The summed E-state index contributed by atoms with van der Waals surface area (Å²) < 4.78 is 1.02. The molecule has 4 nitrogen and oxygen atoms in total. The van der Waals surface area contributed by atoms with E-state index in [1.807, 2.05) is 66.0 Å². The van der Waals surface area contributed by atoms with Crippen molar-refractivity contribution in [3.05, 3.63) is 106 Å². The van der Waals surface area contributed by atoms with E-state index in [4.69, 9.17) is 0 Å². The highest BCUT2D eigenvalue weighted by atomic mass is 79.9. The molecule has 0 aliphatic heterocycles. The van der Waals surface area contributed by atoms with Crippen LogP contribution in [0.25, 0.3) is 11.3 Å². The van der Waals surface area contributed by atoms with Gasteiger partial charge < -0.3 is 5.32 Å². The first-order valence-electron chi connectivity index (χ1n) is 9.97. The summed E-state index contributed by atoms with van der Waals surface area (Å²) >= 11 is 4.89. The molecule has 4 rings (SSSR count). The van der Waals surface area contributed by atoms with Crippen LogP contribution in [0.3, 0.4) is 0 Å². The van der Waals surface area contributed by atoms with Crippen LogP contribution in [0.5, 0.6) is 0 Å². The molecule has 1 heterocycles. The minimum Gasteiger partial charge on any atom is -0.301 e. The van der Waals surface area contributed by atoms with Gasteiger partial charge in [0.2, 0.25) is 5.91 Å². The predicted octanol–water partition coefficient (Wildman–Crippen LogP) is 6.21. The minimum atomic E-state index is -0.0661. The van der Waals surface area contributed by atoms with E-state index in [0.29, 0.717) is 18.2 Å². The maximum atomic E-state index is 12.8. The number of rotatable bonds is 8. The summed E-state index contributed by atoms with van der Waals surface area (Å²) in [6.07, 6.45) is 0. The van der Waals surface area contributed by atoms with Crippen molar-refractivity contribution in [1.29, 1.82) is 0 Å². The van der Waals surface area contributed by atoms with Gasteiger partial charge in [-0.25, -0.2) is 4.98 Å². The van der Waals surface area contributed by atoms with Crippen molar-refractivity contribution in [1.82, 2.24) is 9.88 Å². The van der Waals surface area contributed by atoms with Gasteiger partial charge in [-0.15, -0.1) is 11.3 Å². The second-order valence-corrected chi connectivity index (χ2v) is 8.98. The third-order valence-electron chi connectivity index (χ3n) is 4.76. The van der Waals surface area contributed by atoms with E-state index >= 15 is 0 Å². The second-order valence-electron chi connectivity index (χ2n) is 7.21. The van der Waals surface area contributed by atoms with Crippen molar-refractivity contribution in [2.75, 3.05) is 11.9 Å². The first kappa shape index (κ1) is 21.4. The normalized spacial score (nSPS) is 10.9. The molecule has 1 amide bonds. The van der Waals surface area contributed by atoms with E-state index in [-0.39, 0.29) is 12.5 Å². The third-order valence-corrected chi connectivity index (χ3v) is 6.04. The number of amides is 1. The fourth-order valence-electron chi connectivity index (χ4n) is 3.30. The number of halogens is 1. The number of hydrogen-bond acceptors (Lipinski definition) is 4. The Bertz CT molecular complexity index is 1070. The Balaban J connectivity index is 1.42. The summed E-state index contributed by atoms with van der Waals surface area (Å²) in [6.45, 7) is 1.69. The fraction of sp³-hybridized carbons (Fsp3) is 0.120. The molecule has 0 fully saturated rings. The molecule has 4 aromatic rings. The van der Waals surface area contributed by atoms with Gasteiger partial charge in [-0.1, -0.05) is 88.7 Å². The summed E-state index contributed by atoms with van der Waals surface area (Å²) in [5.74, 6) is -0.0661. The van der Waals surface area contributed by atoms with Gasteiger partial charge in [0.25, 0.3) is 0 Å². The summed E-state index contributed by atoms with van der Waals surface area (Å²) in [4.78, 5) is 19.5. The number of nitrogens with one attached hydrogen (secondary N) is 1. The Hall–Kier alpha value is -2.80. The topological polar surface area (TPSA) is 45.2 Å². The molecule has 31 heavy (non-hydrogen) atoms. The van der Waals surface area contributed by atoms with Gasteiger partial charge in [-0.2, -0.15) is 0 Å². The average molecular weight is 492 g/mol. The summed E-state index contributed by atoms with van der Waals surface area (Å²) in [5.41, 5.74) is 4.24. The highest BCUT2D eigenvalue weighted by molar-refractivity contribution is 9.10. The van der Waals surface area contributed by atoms with Crippen LogP contribution in [0, 0.1) is 0 Å². The molecular weight excluding hydrogens is 470 g/mol. The summed E-state index contributed by atoms with van der Waals surface area (Å²) in [6, 6.07) is 28.4. The smallest absolute Gasteiger partial charge is 0.240 e. The number of benzene rings is 3. The Morgan fingerprint density at radius 1 is 0.871 bits per heavy atom. The van der Waals surface area contributed by atoms with E-state index in [1.165, 1.54) is 22.5 Å². The molecule has 0 unspecified atom stereocenters. The number of aromatic nitrogens is 1. The lowest BCUT2D eigenvalue weighted by molar-refractivity contribution is -0.117. The minimum absolute atomic E-state index is 0.0661. The Kier molecular flexibility index (Phi) is 7.25. The van der Waals surface area contributed by atoms with Crippen LogP contribution in [0.4, 0.5) is 5.13 Å². The maximum absolute atomic E-state index is 12.8. The van der Waals surface area contributed by atoms with Crippen molar-refractivity contribution in [3.63, 3.8) is 0 Å². The number of hydrogen-bond donors (Lipinski definition) is 1. The van der Waals surface area contributed by atoms with Crippen LogP contribution in [0.15, 0.2) is 94.8 Å². The predicted molar refractivity (Wildman–Crippen MR) is 131 cm³/mol. The lowest BCUT2D eigenvalue weighted by Crippen LogP contribution is -2.32. The molecule has 0 atom stereocenters. The van der Waals surface area contributed by atoms with Crippen LogP contribution < -0.4 is 5.32 Å². The zero-order valence-electron chi connectivity index (χ0n) is 16.9. The fourth-order valence-corrected chi connectivity index (χ4v) is 4.30. The summed E-state index contributed by atoms with van der Waals surface area (Å²) in [7, 11) is 0. The number of thiazole rings is 1. The van der Waals surface area contributed by atoms with Gasteiger partial charge in [0.15, 0.2) is 5.13 Å². The van der Waals surface area contributed by atoms with Gasteiger partial charge in [-0.3, -0.25) is 9.69 Å². The van der Waals surface area contributed by atoms with Crippen LogP contribution in [-0.4, -0.2) is 22.3 Å².